The van der Waals surface area contributed by atoms with E-state index >= 15 is 0 Å². The van der Waals surface area contributed by atoms with Gasteiger partial charge in [0.2, 0.25) is 0 Å². The molecule has 18 heavy (non-hydrogen) atoms. The minimum absolute atomic E-state index is 0.265. The molecule has 0 saturated carbocycles. The van der Waals surface area contributed by atoms with Crippen LogP contribution in [0.1, 0.15) is 49.1 Å². The van der Waals surface area contributed by atoms with E-state index in [0.717, 1.165) is 31.4 Å². The molecule has 1 N–H and O–H groups in total. The first-order valence-corrected chi connectivity index (χ1v) is 6.60. The quantitative estimate of drug-likeness (QED) is 0.869. The van der Waals surface area contributed by atoms with Crippen molar-refractivity contribution in [1.29, 1.82) is 0 Å². The molecule has 3 heteroatoms. The van der Waals surface area contributed by atoms with E-state index in [1.54, 1.807) is 7.11 Å². The van der Waals surface area contributed by atoms with E-state index in [4.69, 9.17) is 9.84 Å². The number of carbonyl (C=O) groups is 1. The predicted octanol–water partition coefficient (Wildman–Crippen LogP) is 3.37. The zero-order valence-corrected chi connectivity index (χ0v) is 10.8. The molecular weight excluding hydrogens is 228 g/mol. The van der Waals surface area contributed by atoms with E-state index in [2.05, 4.69) is 6.07 Å². The lowest BCUT2D eigenvalue weighted by Crippen LogP contribution is -2.12. The lowest BCUT2D eigenvalue weighted by molar-refractivity contribution is -0.137. The highest BCUT2D eigenvalue weighted by Gasteiger charge is 2.23. The molecule has 0 aromatic heterocycles. The fraction of sp³-hybridized carbons (Fsp3) is 0.533. The molecule has 1 atom stereocenters. The highest BCUT2D eigenvalue weighted by atomic mass is 16.5. The number of aliphatic carboxylic acids is 1. The second kappa shape index (κ2) is 5.89. The van der Waals surface area contributed by atoms with E-state index in [1.165, 1.54) is 17.5 Å². The van der Waals surface area contributed by atoms with Crippen molar-refractivity contribution in [3.05, 3.63) is 29.3 Å². The Morgan fingerprint density at radius 3 is 3.06 bits per heavy atom. The maximum absolute atomic E-state index is 10.6. The molecular formula is C15H20O3. The first-order valence-electron chi connectivity index (χ1n) is 6.60. The summed E-state index contributed by atoms with van der Waals surface area (Å²) in [6.45, 7) is 0. The van der Waals surface area contributed by atoms with Crippen LogP contribution in [-0.2, 0) is 11.2 Å². The van der Waals surface area contributed by atoms with Crippen molar-refractivity contribution in [1.82, 2.24) is 0 Å². The molecule has 1 aromatic carbocycles. The summed E-state index contributed by atoms with van der Waals surface area (Å²) < 4.78 is 5.45. The monoisotopic (exact) mass is 248 g/mol. The number of ether oxygens (including phenoxy) is 1. The minimum Gasteiger partial charge on any atom is -0.496 e. The van der Waals surface area contributed by atoms with Crippen molar-refractivity contribution >= 4 is 5.97 Å². The van der Waals surface area contributed by atoms with Crippen LogP contribution in [0.2, 0.25) is 0 Å². The zero-order valence-electron chi connectivity index (χ0n) is 10.8. The van der Waals surface area contributed by atoms with Gasteiger partial charge in [-0.1, -0.05) is 12.1 Å². The molecule has 0 fully saturated rings. The third kappa shape index (κ3) is 2.84. The van der Waals surface area contributed by atoms with E-state index in [9.17, 15) is 4.79 Å². The SMILES string of the molecule is COc1cccc2c1[C@@H](CCCC(=O)O)CCC2. The second-order valence-corrected chi connectivity index (χ2v) is 4.91. The van der Waals surface area contributed by atoms with Crippen molar-refractivity contribution < 1.29 is 14.6 Å². The number of methoxy groups -OCH3 is 1. The number of rotatable bonds is 5. The predicted molar refractivity (Wildman–Crippen MR) is 70.2 cm³/mol. The van der Waals surface area contributed by atoms with Crippen LogP contribution in [0.4, 0.5) is 0 Å². The summed E-state index contributed by atoms with van der Waals surface area (Å²) in [5, 5.41) is 8.71. The number of hydrogen-bond acceptors (Lipinski definition) is 2. The van der Waals surface area contributed by atoms with Crippen LogP contribution in [0.15, 0.2) is 18.2 Å². The summed E-state index contributed by atoms with van der Waals surface area (Å²) in [4.78, 5) is 10.6. The summed E-state index contributed by atoms with van der Waals surface area (Å²) in [6.07, 6.45) is 5.41. The fourth-order valence-corrected chi connectivity index (χ4v) is 2.92. The normalized spacial score (nSPS) is 18.2. The van der Waals surface area contributed by atoms with Gasteiger partial charge in [-0.25, -0.2) is 0 Å². The molecule has 0 spiro atoms. The van der Waals surface area contributed by atoms with E-state index < -0.39 is 5.97 Å². The molecule has 0 radical (unpaired) electrons. The third-order valence-electron chi connectivity index (χ3n) is 3.73. The smallest absolute Gasteiger partial charge is 0.303 e. The standard InChI is InChI=1S/C15H20O3/c1-18-13-9-3-7-11-5-2-6-12(15(11)13)8-4-10-14(16)17/h3,7,9,12H,2,4-6,8,10H2,1H3,(H,16,17)/t12-/m1/s1. The molecule has 0 aliphatic heterocycles. The number of carboxylic acid groups (broad SMARTS) is 1. The van der Waals surface area contributed by atoms with Gasteiger partial charge in [0.1, 0.15) is 5.75 Å². The van der Waals surface area contributed by atoms with E-state index in [1.807, 2.05) is 12.1 Å². The van der Waals surface area contributed by atoms with Crippen molar-refractivity contribution in [2.75, 3.05) is 7.11 Å². The van der Waals surface area contributed by atoms with Gasteiger partial charge in [-0.3, -0.25) is 4.79 Å². The molecule has 0 amide bonds. The minimum atomic E-state index is -0.703. The zero-order chi connectivity index (χ0) is 13.0. The van der Waals surface area contributed by atoms with Gasteiger partial charge in [-0.05, 0) is 49.7 Å². The van der Waals surface area contributed by atoms with Crippen LogP contribution in [0, 0.1) is 0 Å². The van der Waals surface area contributed by atoms with Crippen LogP contribution < -0.4 is 4.74 Å². The molecule has 1 aliphatic rings. The Balaban J connectivity index is 2.13. The summed E-state index contributed by atoms with van der Waals surface area (Å²) in [7, 11) is 1.71. The molecule has 2 rings (SSSR count). The van der Waals surface area contributed by atoms with Crippen LogP contribution in [-0.4, -0.2) is 18.2 Å². The number of aryl methyl sites for hydroxylation is 1. The lowest BCUT2D eigenvalue weighted by Gasteiger charge is -2.27. The van der Waals surface area contributed by atoms with Gasteiger partial charge in [0, 0.05) is 12.0 Å². The molecule has 1 aliphatic carbocycles. The molecule has 0 bridgehead atoms. The summed E-state index contributed by atoms with van der Waals surface area (Å²) in [5.41, 5.74) is 2.69. The Morgan fingerprint density at radius 2 is 2.33 bits per heavy atom. The van der Waals surface area contributed by atoms with Crippen molar-refractivity contribution in [2.24, 2.45) is 0 Å². The van der Waals surface area contributed by atoms with Crippen molar-refractivity contribution in [3.63, 3.8) is 0 Å². The molecule has 98 valence electrons. The molecule has 0 heterocycles. The van der Waals surface area contributed by atoms with Crippen molar-refractivity contribution in [2.45, 2.75) is 44.4 Å². The number of carboxylic acids is 1. The first-order chi connectivity index (χ1) is 8.72. The summed E-state index contributed by atoms with van der Waals surface area (Å²) in [5.74, 6) is 0.725. The fourth-order valence-electron chi connectivity index (χ4n) is 2.92. The van der Waals surface area contributed by atoms with Gasteiger partial charge in [-0.15, -0.1) is 0 Å². The van der Waals surface area contributed by atoms with Gasteiger partial charge in [-0.2, -0.15) is 0 Å². The molecule has 0 saturated heterocycles. The Labute approximate surface area is 108 Å². The molecule has 0 unspecified atom stereocenters. The molecule has 1 aromatic rings. The topological polar surface area (TPSA) is 46.5 Å². The Bertz CT molecular complexity index is 411. The van der Waals surface area contributed by atoms with Crippen LogP contribution in [0.25, 0.3) is 0 Å². The largest absolute Gasteiger partial charge is 0.496 e. The Hall–Kier alpha value is -1.51. The van der Waals surface area contributed by atoms with Crippen LogP contribution in [0.3, 0.4) is 0 Å². The number of fused-ring (bicyclic) bond motifs is 1. The van der Waals surface area contributed by atoms with Gasteiger partial charge in [0.05, 0.1) is 7.11 Å². The van der Waals surface area contributed by atoms with Gasteiger partial charge < -0.3 is 9.84 Å². The van der Waals surface area contributed by atoms with Crippen molar-refractivity contribution in [3.8, 4) is 5.75 Å². The third-order valence-corrected chi connectivity index (χ3v) is 3.73. The molecule has 3 nitrogen and oxygen atoms in total. The second-order valence-electron chi connectivity index (χ2n) is 4.91. The average Bonchev–Trinajstić information content (AvgIpc) is 2.37. The Kier molecular flexibility index (Phi) is 4.24. The maximum atomic E-state index is 10.6. The Morgan fingerprint density at radius 1 is 1.50 bits per heavy atom. The van der Waals surface area contributed by atoms with Gasteiger partial charge in [0.25, 0.3) is 0 Å². The van der Waals surface area contributed by atoms with Gasteiger partial charge in [0.15, 0.2) is 0 Å². The highest BCUT2D eigenvalue weighted by molar-refractivity contribution is 5.66. The summed E-state index contributed by atoms with van der Waals surface area (Å²) in [6, 6.07) is 6.22. The van der Waals surface area contributed by atoms with Crippen LogP contribution >= 0.6 is 0 Å². The highest BCUT2D eigenvalue weighted by Crippen LogP contribution is 2.40. The number of benzene rings is 1. The maximum Gasteiger partial charge on any atom is 0.303 e. The van der Waals surface area contributed by atoms with Gasteiger partial charge >= 0.3 is 5.97 Å². The van der Waals surface area contributed by atoms with E-state index in [0.29, 0.717) is 5.92 Å². The van der Waals surface area contributed by atoms with Crippen LogP contribution in [0.5, 0.6) is 5.75 Å². The number of hydrogen-bond donors (Lipinski definition) is 1. The average molecular weight is 248 g/mol. The summed E-state index contributed by atoms with van der Waals surface area (Å²) >= 11 is 0. The van der Waals surface area contributed by atoms with E-state index in [-0.39, 0.29) is 6.42 Å². The lowest BCUT2D eigenvalue weighted by atomic mass is 9.79. The first kappa shape index (κ1) is 12.9.